The smallest absolute Gasteiger partial charge is 0.306 e. The van der Waals surface area contributed by atoms with Crippen molar-refractivity contribution in [3.8, 4) is 17.6 Å². The van der Waals surface area contributed by atoms with Crippen molar-refractivity contribution >= 4 is 11.7 Å². The topological polar surface area (TPSA) is 61.5 Å². The van der Waals surface area contributed by atoms with E-state index in [-0.39, 0.29) is 11.4 Å². The number of anilines is 1. The summed E-state index contributed by atoms with van der Waals surface area (Å²) in [6.45, 7) is 6.46. The van der Waals surface area contributed by atoms with Crippen LogP contribution in [0.2, 0.25) is 0 Å². The molecule has 0 aromatic heterocycles. The quantitative estimate of drug-likeness (QED) is 0.497. The second-order valence-corrected chi connectivity index (χ2v) is 5.99. The van der Waals surface area contributed by atoms with E-state index in [1.807, 2.05) is 26.8 Å². The highest BCUT2D eigenvalue weighted by atomic mass is 16.5. The monoisotopic (exact) mass is 303 g/mol. The van der Waals surface area contributed by atoms with Crippen LogP contribution >= 0.6 is 0 Å². The highest BCUT2D eigenvalue weighted by molar-refractivity contribution is 5.70. The van der Waals surface area contributed by atoms with Gasteiger partial charge in [0, 0.05) is 12.1 Å². The number of benzene rings is 1. The van der Waals surface area contributed by atoms with E-state index >= 15 is 0 Å². The molecule has 4 nitrogen and oxygen atoms in total. The molecule has 0 amide bonds. The summed E-state index contributed by atoms with van der Waals surface area (Å²) in [5.74, 6) is 6.71. The Morgan fingerprint density at radius 2 is 2.09 bits per heavy atom. The van der Waals surface area contributed by atoms with Crippen LogP contribution in [0.5, 0.6) is 5.75 Å². The second-order valence-electron chi connectivity index (χ2n) is 5.99. The largest absolute Gasteiger partial charge is 0.497 e. The van der Waals surface area contributed by atoms with Crippen molar-refractivity contribution < 1.29 is 14.3 Å². The third-order valence-electron chi connectivity index (χ3n) is 3.14. The number of hydrogen-bond donors (Lipinski definition) is 1. The minimum absolute atomic E-state index is 0.172. The predicted octanol–water partition coefficient (Wildman–Crippen LogP) is 3.39. The summed E-state index contributed by atoms with van der Waals surface area (Å²) >= 11 is 0. The summed E-state index contributed by atoms with van der Waals surface area (Å²) in [6, 6.07) is 5.38. The molecule has 0 radical (unpaired) electrons. The van der Waals surface area contributed by atoms with Gasteiger partial charge in [-0.05, 0) is 30.0 Å². The van der Waals surface area contributed by atoms with E-state index in [9.17, 15) is 4.79 Å². The van der Waals surface area contributed by atoms with Crippen LogP contribution in [0, 0.1) is 17.3 Å². The molecule has 2 N–H and O–H groups in total. The van der Waals surface area contributed by atoms with Crippen LogP contribution in [0.3, 0.4) is 0 Å². The maximum absolute atomic E-state index is 11.7. The molecular weight excluding hydrogens is 278 g/mol. The van der Waals surface area contributed by atoms with Gasteiger partial charge in [-0.1, -0.05) is 32.6 Å². The number of carbonyl (C=O) groups is 1. The fourth-order valence-corrected chi connectivity index (χ4v) is 1.87. The Kier molecular flexibility index (Phi) is 6.78. The fraction of sp³-hybridized carbons (Fsp3) is 0.500. The number of hydrogen-bond acceptors (Lipinski definition) is 4. The van der Waals surface area contributed by atoms with Crippen molar-refractivity contribution in [2.75, 3.05) is 19.5 Å². The van der Waals surface area contributed by atoms with Crippen LogP contribution in [-0.4, -0.2) is 19.7 Å². The molecule has 1 aromatic rings. The number of rotatable bonds is 6. The Balaban J connectivity index is 2.67. The van der Waals surface area contributed by atoms with Gasteiger partial charge in [-0.15, -0.1) is 0 Å². The lowest BCUT2D eigenvalue weighted by Gasteiger charge is -2.20. The lowest BCUT2D eigenvalue weighted by atomic mass is 9.86. The summed E-state index contributed by atoms with van der Waals surface area (Å²) in [7, 11) is 1.60. The van der Waals surface area contributed by atoms with E-state index in [0.29, 0.717) is 25.1 Å². The predicted molar refractivity (Wildman–Crippen MR) is 88.5 cm³/mol. The third-order valence-corrected chi connectivity index (χ3v) is 3.14. The van der Waals surface area contributed by atoms with E-state index < -0.39 is 0 Å². The van der Waals surface area contributed by atoms with Crippen molar-refractivity contribution in [3.05, 3.63) is 23.8 Å². The number of nitrogens with two attached hydrogens (primary N) is 1. The molecule has 120 valence electrons. The van der Waals surface area contributed by atoms with Crippen molar-refractivity contribution in [2.45, 2.75) is 40.0 Å². The van der Waals surface area contributed by atoms with Crippen molar-refractivity contribution in [1.29, 1.82) is 0 Å². The Hall–Kier alpha value is -2.15. The number of carbonyl (C=O) groups excluding carboxylic acids is 1. The van der Waals surface area contributed by atoms with Gasteiger partial charge in [-0.25, -0.2) is 0 Å². The molecule has 22 heavy (non-hydrogen) atoms. The Morgan fingerprint density at radius 1 is 1.36 bits per heavy atom. The third kappa shape index (κ3) is 6.09. The summed E-state index contributed by atoms with van der Waals surface area (Å²) in [4.78, 5) is 11.7. The molecule has 0 aliphatic carbocycles. The van der Waals surface area contributed by atoms with Crippen LogP contribution in [0.25, 0.3) is 0 Å². The van der Waals surface area contributed by atoms with E-state index in [1.54, 1.807) is 19.2 Å². The van der Waals surface area contributed by atoms with Gasteiger partial charge >= 0.3 is 5.97 Å². The summed E-state index contributed by atoms with van der Waals surface area (Å²) in [5, 5.41) is 0. The molecule has 0 saturated carbocycles. The van der Waals surface area contributed by atoms with Crippen LogP contribution in [-0.2, 0) is 9.53 Å². The first-order chi connectivity index (χ1) is 10.4. The molecule has 0 fully saturated rings. The lowest BCUT2D eigenvalue weighted by Crippen LogP contribution is -2.18. The van der Waals surface area contributed by atoms with Crippen LogP contribution in [0.4, 0.5) is 5.69 Å². The van der Waals surface area contributed by atoms with E-state index in [1.165, 1.54) is 0 Å². The first-order valence-corrected chi connectivity index (χ1v) is 7.46. The zero-order chi connectivity index (χ0) is 16.6. The van der Waals surface area contributed by atoms with Gasteiger partial charge in [0.25, 0.3) is 0 Å². The molecular formula is C18H25NO3. The SMILES string of the molecule is CCCOC(=O)CC(C)(C)CC#Cc1cc(OC)ccc1N. The molecule has 1 rings (SSSR count). The highest BCUT2D eigenvalue weighted by Crippen LogP contribution is 2.25. The zero-order valence-electron chi connectivity index (χ0n) is 13.9. The van der Waals surface area contributed by atoms with Crippen LogP contribution < -0.4 is 10.5 Å². The maximum atomic E-state index is 11.7. The van der Waals surface area contributed by atoms with Crippen molar-refractivity contribution in [1.82, 2.24) is 0 Å². The molecule has 0 bridgehead atoms. The van der Waals surface area contributed by atoms with Crippen molar-refractivity contribution in [3.63, 3.8) is 0 Å². The number of ether oxygens (including phenoxy) is 2. The minimum Gasteiger partial charge on any atom is -0.497 e. The van der Waals surface area contributed by atoms with E-state index in [4.69, 9.17) is 15.2 Å². The van der Waals surface area contributed by atoms with Crippen molar-refractivity contribution in [2.24, 2.45) is 5.41 Å². The normalized spacial score (nSPS) is 10.5. The summed E-state index contributed by atoms with van der Waals surface area (Å²) in [6.07, 6.45) is 1.78. The van der Waals surface area contributed by atoms with Crippen LogP contribution in [0.15, 0.2) is 18.2 Å². The molecule has 0 aliphatic heterocycles. The summed E-state index contributed by atoms with van der Waals surface area (Å²) in [5.41, 5.74) is 7.03. The Labute approximate surface area is 133 Å². The molecule has 1 aromatic carbocycles. The second kappa shape index (κ2) is 8.33. The molecule has 0 heterocycles. The maximum Gasteiger partial charge on any atom is 0.306 e. The molecule has 0 saturated heterocycles. The number of methoxy groups -OCH3 is 1. The van der Waals surface area contributed by atoms with Gasteiger partial charge in [0.2, 0.25) is 0 Å². The van der Waals surface area contributed by atoms with Gasteiger partial charge in [0.05, 0.1) is 25.7 Å². The van der Waals surface area contributed by atoms with Gasteiger partial charge in [0.1, 0.15) is 5.75 Å². The highest BCUT2D eigenvalue weighted by Gasteiger charge is 2.21. The fourth-order valence-electron chi connectivity index (χ4n) is 1.87. The Morgan fingerprint density at radius 3 is 2.73 bits per heavy atom. The zero-order valence-corrected chi connectivity index (χ0v) is 13.9. The first kappa shape index (κ1) is 17.9. The first-order valence-electron chi connectivity index (χ1n) is 7.46. The van der Waals surface area contributed by atoms with Gasteiger partial charge in [0.15, 0.2) is 0 Å². The van der Waals surface area contributed by atoms with E-state index in [2.05, 4.69) is 11.8 Å². The van der Waals surface area contributed by atoms with Crippen LogP contribution in [0.1, 0.15) is 45.6 Å². The standard InChI is InChI=1S/C18H25NO3/c1-5-11-22-17(20)13-18(2,3)10-6-7-14-12-15(21-4)8-9-16(14)19/h8-9,12H,5,10-11,13,19H2,1-4H3. The van der Waals surface area contributed by atoms with Gasteiger partial charge in [-0.3, -0.25) is 4.79 Å². The average molecular weight is 303 g/mol. The molecule has 0 atom stereocenters. The minimum atomic E-state index is -0.231. The van der Waals surface area contributed by atoms with Gasteiger partial charge in [-0.2, -0.15) is 0 Å². The lowest BCUT2D eigenvalue weighted by molar-refractivity contribution is -0.145. The Bertz CT molecular complexity index is 567. The summed E-state index contributed by atoms with van der Waals surface area (Å²) < 4.78 is 10.3. The number of nitrogen functional groups attached to an aromatic ring is 1. The number of esters is 1. The molecule has 0 unspecified atom stereocenters. The molecule has 0 aliphatic rings. The van der Waals surface area contributed by atoms with Gasteiger partial charge < -0.3 is 15.2 Å². The molecule has 0 spiro atoms. The average Bonchev–Trinajstić information content (AvgIpc) is 2.46. The molecule has 4 heteroatoms. The van der Waals surface area contributed by atoms with E-state index in [0.717, 1.165) is 17.7 Å².